The SMILES string of the molecule is CC1CCC(N(C)C(=O)COC(=O)c2cc([N+](=O)[O-])ccc2Cl)CC1. The van der Waals surface area contributed by atoms with E-state index in [0.29, 0.717) is 5.92 Å². The molecule has 0 radical (unpaired) electrons. The number of hydrogen-bond acceptors (Lipinski definition) is 5. The lowest BCUT2D eigenvalue weighted by atomic mass is 9.87. The van der Waals surface area contributed by atoms with Gasteiger partial charge in [0.15, 0.2) is 6.61 Å². The molecule has 1 aromatic rings. The van der Waals surface area contributed by atoms with Gasteiger partial charge in [0, 0.05) is 25.2 Å². The van der Waals surface area contributed by atoms with Crippen LogP contribution in [0, 0.1) is 16.0 Å². The molecule has 1 saturated carbocycles. The van der Waals surface area contributed by atoms with Gasteiger partial charge in [-0.25, -0.2) is 4.79 Å². The highest BCUT2D eigenvalue weighted by Gasteiger charge is 2.26. The number of non-ortho nitro benzene ring substituents is 1. The van der Waals surface area contributed by atoms with Crippen LogP contribution >= 0.6 is 11.6 Å². The zero-order chi connectivity index (χ0) is 18.6. The van der Waals surface area contributed by atoms with Crippen LogP contribution in [0.2, 0.25) is 5.02 Å². The number of nitrogens with zero attached hydrogens (tertiary/aromatic N) is 2. The molecule has 1 amide bonds. The van der Waals surface area contributed by atoms with E-state index in [1.807, 2.05) is 0 Å². The molecule has 0 N–H and O–H groups in total. The topological polar surface area (TPSA) is 89.8 Å². The summed E-state index contributed by atoms with van der Waals surface area (Å²) in [6, 6.07) is 3.65. The molecule has 2 rings (SSSR count). The molecule has 0 saturated heterocycles. The number of carbonyl (C=O) groups excluding carboxylic acids is 2. The number of likely N-dealkylation sites (N-methyl/N-ethyl adjacent to an activating group) is 1. The Kier molecular flexibility index (Phi) is 6.36. The first kappa shape index (κ1) is 19.2. The highest BCUT2D eigenvalue weighted by atomic mass is 35.5. The van der Waals surface area contributed by atoms with E-state index >= 15 is 0 Å². The average Bonchev–Trinajstić information content (AvgIpc) is 2.59. The molecule has 7 nitrogen and oxygen atoms in total. The Labute approximate surface area is 151 Å². The lowest BCUT2D eigenvalue weighted by Gasteiger charge is -2.33. The van der Waals surface area contributed by atoms with Crippen LogP contribution in [0.1, 0.15) is 43.0 Å². The monoisotopic (exact) mass is 368 g/mol. The van der Waals surface area contributed by atoms with Crippen molar-refractivity contribution in [3.05, 3.63) is 38.9 Å². The van der Waals surface area contributed by atoms with E-state index in [2.05, 4.69) is 6.92 Å². The molecule has 1 fully saturated rings. The number of nitro groups is 1. The van der Waals surface area contributed by atoms with Gasteiger partial charge < -0.3 is 9.64 Å². The number of rotatable bonds is 5. The summed E-state index contributed by atoms with van der Waals surface area (Å²) in [6.45, 7) is 1.78. The lowest BCUT2D eigenvalue weighted by Crippen LogP contribution is -2.41. The standard InChI is InChI=1S/C17H21ClN2O5/c1-11-3-5-12(6-4-11)19(2)16(21)10-25-17(22)14-9-13(20(23)24)7-8-15(14)18/h7-9,11-12H,3-6,10H2,1-2H3. The predicted molar refractivity (Wildman–Crippen MR) is 92.6 cm³/mol. The van der Waals surface area contributed by atoms with Crippen molar-refractivity contribution in [1.82, 2.24) is 4.90 Å². The minimum Gasteiger partial charge on any atom is -0.452 e. The van der Waals surface area contributed by atoms with E-state index in [9.17, 15) is 19.7 Å². The normalized spacial score (nSPS) is 20.0. The smallest absolute Gasteiger partial charge is 0.340 e. The number of hydrogen-bond donors (Lipinski definition) is 0. The zero-order valence-electron chi connectivity index (χ0n) is 14.2. The van der Waals surface area contributed by atoms with Crippen LogP contribution in [0.5, 0.6) is 0 Å². The van der Waals surface area contributed by atoms with Crippen LogP contribution in [0.25, 0.3) is 0 Å². The van der Waals surface area contributed by atoms with Crippen LogP contribution in [-0.4, -0.2) is 41.4 Å². The molecular formula is C17H21ClN2O5. The number of nitro benzene ring substituents is 1. The summed E-state index contributed by atoms with van der Waals surface area (Å²) in [6.07, 6.45) is 4.03. The van der Waals surface area contributed by atoms with Crippen LogP contribution in [0.3, 0.4) is 0 Å². The second-order valence-corrected chi connectivity index (χ2v) is 6.82. The molecule has 1 aliphatic carbocycles. The number of carbonyl (C=O) groups is 2. The first-order valence-electron chi connectivity index (χ1n) is 8.16. The fourth-order valence-electron chi connectivity index (χ4n) is 2.92. The summed E-state index contributed by atoms with van der Waals surface area (Å²) < 4.78 is 5.00. The van der Waals surface area contributed by atoms with Crippen LogP contribution in [0.15, 0.2) is 18.2 Å². The number of amides is 1. The molecule has 0 unspecified atom stereocenters. The molecule has 0 aliphatic heterocycles. The van der Waals surface area contributed by atoms with Gasteiger partial charge in [-0.05, 0) is 37.7 Å². The molecule has 0 heterocycles. The molecule has 25 heavy (non-hydrogen) atoms. The van der Waals surface area contributed by atoms with Gasteiger partial charge in [-0.15, -0.1) is 0 Å². The summed E-state index contributed by atoms with van der Waals surface area (Å²) in [5.41, 5.74) is -0.395. The maximum atomic E-state index is 12.2. The molecule has 0 atom stereocenters. The van der Waals surface area contributed by atoms with Crippen LogP contribution in [0.4, 0.5) is 5.69 Å². The average molecular weight is 369 g/mol. The molecule has 1 aromatic carbocycles. The third kappa shape index (κ3) is 4.92. The van der Waals surface area contributed by atoms with Crippen LogP contribution < -0.4 is 0 Å². The van der Waals surface area contributed by atoms with Crippen molar-refractivity contribution in [3.63, 3.8) is 0 Å². The van der Waals surface area contributed by atoms with Crippen LogP contribution in [-0.2, 0) is 9.53 Å². The summed E-state index contributed by atoms with van der Waals surface area (Å²) in [4.78, 5) is 36.1. The van der Waals surface area contributed by atoms with Gasteiger partial charge >= 0.3 is 5.97 Å². The second kappa shape index (κ2) is 8.29. The van der Waals surface area contributed by atoms with E-state index in [1.54, 1.807) is 11.9 Å². The van der Waals surface area contributed by atoms with E-state index in [4.69, 9.17) is 16.3 Å². The summed E-state index contributed by atoms with van der Waals surface area (Å²) >= 11 is 5.89. The van der Waals surface area contributed by atoms with E-state index in [-0.39, 0.29) is 28.2 Å². The Hall–Kier alpha value is -2.15. The first-order chi connectivity index (χ1) is 11.8. The molecule has 0 bridgehead atoms. The molecule has 0 aromatic heterocycles. The maximum Gasteiger partial charge on any atom is 0.340 e. The third-order valence-electron chi connectivity index (χ3n) is 4.63. The Bertz CT molecular complexity index is 671. The summed E-state index contributed by atoms with van der Waals surface area (Å²) in [7, 11) is 1.71. The van der Waals surface area contributed by atoms with Crippen molar-refractivity contribution in [3.8, 4) is 0 Å². The molecule has 8 heteroatoms. The predicted octanol–water partition coefficient (Wildman–Crippen LogP) is 3.44. The molecular weight excluding hydrogens is 348 g/mol. The van der Waals surface area contributed by atoms with Gasteiger partial charge in [0.05, 0.1) is 15.5 Å². The Morgan fingerprint density at radius 2 is 1.96 bits per heavy atom. The van der Waals surface area contributed by atoms with Gasteiger partial charge in [-0.1, -0.05) is 18.5 Å². The van der Waals surface area contributed by atoms with Crippen molar-refractivity contribution >= 4 is 29.2 Å². The Morgan fingerprint density at radius 3 is 2.56 bits per heavy atom. The second-order valence-electron chi connectivity index (χ2n) is 6.42. The van der Waals surface area contributed by atoms with Crippen molar-refractivity contribution in [1.29, 1.82) is 0 Å². The third-order valence-corrected chi connectivity index (χ3v) is 4.96. The van der Waals surface area contributed by atoms with E-state index in [1.165, 1.54) is 12.1 Å². The molecule has 136 valence electrons. The maximum absolute atomic E-state index is 12.2. The number of halogens is 1. The molecule has 1 aliphatic rings. The van der Waals surface area contributed by atoms with Gasteiger partial charge in [-0.2, -0.15) is 0 Å². The summed E-state index contributed by atoms with van der Waals surface area (Å²) in [5, 5.41) is 10.8. The van der Waals surface area contributed by atoms with Gasteiger partial charge in [-0.3, -0.25) is 14.9 Å². The van der Waals surface area contributed by atoms with Crippen molar-refractivity contribution in [2.24, 2.45) is 5.92 Å². The fourth-order valence-corrected chi connectivity index (χ4v) is 3.12. The number of benzene rings is 1. The van der Waals surface area contributed by atoms with Gasteiger partial charge in [0.1, 0.15) is 0 Å². The van der Waals surface area contributed by atoms with Crippen molar-refractivity contribution in [2.45, 2.75) is 38.6 Å². The summed E-state index contributed by atoms with van der Waals surface area (Å²) in [5.74, 6) is -0.476. The minimum atomic E-state index is -0.854. The highest BCUT2D eigenvalue weighted by molar-refractivity contribution is 6.33. The van der Waals surface area contributed by atoms with Crippen molar-refractivity contribution < 1.29 is 19.2 Å². The largest absolute Gasteiger partial charge is 0.452 e. The Morgan fingerprint density at radius 1 is 1.32 bits per heavy atom. The van der Waals surface area contributed by atoms with E-state index < -0.39 is 17.5 Å². The van der Waals surface area contributed by atoms with Gasteiger partial charge in [0.25, 0.3) is 11.6 Å². The highest BCUT2D eigenvalue weighted by Crippen LogP contribution is 2.27. The van der Waals surface area contributed by atoms with Gasteiger partial charge in [0.2, 0.25) is 0 Å². The van der Waals surface area contributed by atoms with Crippen molar-refractivity contribution in [2.75, 3.05) is 13.7 Å². The minimum absolute atomic E-state index is 0.0395. The fraction of sp³-hybridized carbons (Fsp3) is 0.529. The molecule has 0 spiro atoms. The quantitative estimate of drug-likeness (QED) is 0.451. The number of esters is 1. The van der Waals surface area contributed by atoms with E-state index in [0.717, 1.165) is 31.7 Å². The zero-order valence-corrected chi connectivity index (χ0v) is 15.0. The first-order valence-corrected chi connectivity index (χ1v) is 8.54. The Balaban J connectivity index is 1.94. The lowest BCUT2D eigenvalue weighted by molar-refractivity contribution is -0.384. The number of ether oxygens (including phenoxy) is 1.